The number of aromatic nitrogens is 1. The summed E-state index contributed by atoms with van der Waals surface area (Å²) in [6.07, 6.45) is 1.46. The second kappa shape index (κ2) is 5.46. The van der Waals surface area contributed by atoms with Crippen molar-refractivity contribution in [2.45, 2.75) is 13.0 Å². The van der Waals surface area contributed by atoms with Gasteiger partial charge in [-0.05, 0) is 28.9 Å². The minimum absolute atomic E-state index is 0.0441. The highest BCUT2D eigenvalue weighted by atomic mass is 79.9. The average Bonchev–Trinajstić information content (AvgIpc) is 2.29. The fourth-order valence-electron chi connectivity index (χ4n) is 1.10. The first-order valence-electron chi connectivity index (χ1n) is 4.65. The van der Waals surface area contributed by atoms with Gasteiger partial charge in [0.25, 0.3) is 5.91 Å². The van der Waals surface area contributed by atoms with Crippen molar-refractivity contribution in [1.29, 1.82) is 0 Å². The number of carbonyl (C=O) groups excluding carboxylic acids is 1. The first-order valence-corrected chi connectivity index (χ1v) is 5.82. The number of rotatable bonds is 3. The summed E-state index contributed by atoms with van der Waals surface area (Å²) in [6, 6.07) is 0.570. The van der Waals surface area contributed by atoms with Crippen LogP contribution in [0.2, 0.25) is 5.15 Å². The monoisotopic (exact) mass is 320 g/mol. The van der Waals surface area contributed by atoms with Gasteiger partial charge in [0.1, 0.15) is 11.2 Å². The van der Waals surface area contributed by atoms with Gasteiger partial charge in [0.2, 0.25) is 0 Å². The summed E-state index contributed by atoms with van der Waals surface area (Å²) in [5.74, 6) is -1.57. The summed E-state index contributed by atoms with van der Waals surface area (Å²) in [5, 5.41) is 8.86. The summed E-state index contributed by atoms with van der Waals surface area (Å²) in [7, 11) is 1.40. The molecule has 0 spiro atoms. The molecule has 17 heavy (non-hydrogen) atoms. The lowest BCUT2D eigenvalue weighted by Crippen LogP contribution is -2.40. The van der Waals surface area contributed by atoms with Gasteiger partial charge in [-0.1, -0.05) is 11.6 Å². The average molecular weight is 322 g/mol. The van der Waals surface area contributed by atoms with E-state index in [0.29, 0.717) is 4.47 Å². The van der Waals surface area contributed by atoms with Gasteiger partial charge in [-0.15, -0.1) is 0 Å². The molecule has 1 unspecified atom stereocenters. The number of amides is 1. The number of pyridine rings is 1. The summed E-state index contributed by atoms with van der Waals surface area (Å²) < 4.78 is 0.599. The van der Waals surface area contributed by atoms with Crippen LogP contribution < -0.4 is 0 Å². The van der Waals surface area contributed by atoms with Gasteiger partial charge in [-0.3, -0.25) is 4.79 Å². The summed E-state index contributed by atoms with van der Waals surface area (Å²) >= 11 is 8.96. The van der Waals surface area contributed by atoms with Gasteiger partial charge in [0.15, 0.2) is 0 Å². The highest BCUT2D eigenvalue weighted by Crippen LogP contribution is 2.20. The van der Waals surface area contributed by atoms with Crippen molar-refractivity contribution < 1.29 is 14.7 Å². The van der Waals surface area contributed by atoms with E-state index < -0.39 is 17.9 Å². The van der Waals surface area contributed by atoms with E-state index in [1.807, 2.05) is 0 Å². The van der Waals surface area contributed by atoms with Gasteiger partial charge in [0.05, 0.1) is 5.56 Å². The molecular weight excluding hydrogens is 311 g/mol. The molecule has 5 nitrogen and oxygen atoms in total. The fraction of sp³-hybridized carbons (Fsp3) is 0.300. The Morgan fingerprint density at radius 1 is 1.59 bits per heavy atom. The van der Waals surface area contributed by atoms with Crippen LogP contribution in [0, 0.1) is 0 Å². The summed E-state index contributed by atoms with van der Waals surface area (Å²) in [4.78, 5) is 27.7. The molecule has 0 bridgehead atoms. The molecule has 1 aromatic heterocycles. The van der Waals surface area contributed by atoms with Crippen LogP contribution >= 0.6 is 27.5 Å². The Labute approximate surface area is 112 Å². The topological polar surface area (TPSA) is 70.5 Å². The Balaban J connectivity index is 3.04. The van der Waals surface area contributed by atoms with E-state index in [2.05, 4.69) is 20.9 Å². The standard InChI is InChI=1S/C10H10BrClN2O3/c1-5(10(16)17)14(2)9(15)7-3-6(11)4-13-8(7)12/h3-5H,1-2H3,(H,16,17). The van der Waals surface area contributed by atoms with Gasteiger partial charge in [-0.2, -0.15) is 0 Å². The van der Waals surface area contributed by atoms with E-state index in [4.69, 9.17) is 16.7 Å². The lowest BCUT2D eigenvalue weighted by Gasteiger charge is -2.21. The third-order valence-corrected chi connectivity index (χ3v) is 3.03. The van der Waals surface area contributed by atoms with Crippen molar-refractivity contribution in [3.63, 3.8) is 0 Å². The SMILES string of the molecule is CC(C(=O)O)N(C)C(=O)c1cc(Br)cnc1Cl. The number of carboxylic acids is 1. The van der Waals surface area contributed by atoms with E-state index in [0.717, 1.165) is 4.90 Å². The number of nitrogens with zero attached hydrogens (tertiary/aromatic N) is 2. The molecular formula is C10H10BrClN2O3. The second-order valence-corrected chi connectivity index (χ2v) is 4.70. The molecule has 0 radical (unpaired) electrons. The van der Waals surface area contributed by atoms with Crippen molar-refractivity contribution >= 4 is 39.4 Å². The third kappa shape index (κ3) is 3.17. The molecule has 1 rings (SSSR count). The maximum Gasteiger partial charge on any atom is 0.326 e. The number of hydrogen-bond donors (Lipinski definition) is 1. The Bertz CT molecular complexity index is 467. The highest BCUT2D eigenvalue weighted by Gasteiger charge is 2.24. The number of carboxylic acid groups (broad SMARTS) is 1. The van der Waals surface area contributed by atoms with Crippen LogP contribution in [0.5, 0.6) is 0 Å². The van der Waals surface area contributed by atoms with Crippen LogP contribution in [-0.2, 0) is 4.79 Å². The van der Waals surface area contributed by atoms with E-state index >= 15 is 0 Å². The minimum atomic E-state index is -1.08. The molecule has 0 saturated heterocycles. The normalized spacial score (nSPS) is 12.0. The van der Waals surface area contributed by atoms with Crippen molar-refractivity contribution in [3.8, 4) is 0 Å². The molecule has 1 amide bonds. The molecule has 1 atom stereocenters. The Hall–Kier alpha value is -1.14. The lowest BCUT2D eigenvalue weighted by atomic mass is 10.2. The molecule has 0 saturated carbocycles. The van der Waals surface area contributed by atoms with E-state index in [1.165, 1.54) is 26.2 Å². The third-order valence-electron chi connectivity index (χ3n) is 2.29. The maximum absolute atomic E-state index is 12.0. The van der Waals surface area contributed by atoms with Gasteiger partial charge >= 0.3 is 5.97 Å². The predicted molar refractivity (Wildman–Crippen MR) is 66.1 cm³/mol. The zero-order valence-electron chi connectivity index (χ0n) is 9.15. The number of likely N-dealkylation sites (N-methyl/N-ethyl adjacent to an activating group) is 1. The molecule has 1 heterocycles. The molecule has 0 aliphatic rings. The minimum Gasteiger partial charge on any atom is -0.480 e. The molecule has 0 aromatic carbocycles. The number of carbonyl (C=O) groups is 2. The van der Waals surface area contributed by atoms with Crippen molar-refractivity contribution in [3.05, 3.63) is 27.5 Å². The second-order valence-electron chi connectivity index (χ2n) is 3.42. The van der Waals surface area contributed by atoms with E-state index in [1.54, 1.807) is 0 Å². The first kappa shape index (κ1) is 13.9. The molecule has 1 N–H and O–H groups in total. The molecule has 0 aliphatic heterocycles. The zero-order chi connectivity index (χ0) is 13.2. The van der Waals surface area contributed by atoms with Crippen molar-refractivity contribution in [2.75, 3.05) is 7.05 Å². The van der Waals surface area contributed by atoms with Gasteiger partial charge < -0.3 is 10.0 Å². The molecule has 0 fully saturated rings. The Morgan fingerprint density at radius 2 is 2.18 bits per heavy atom. The first-order chi connectivity index (χ1) is 7.84. The number of hydrogen-bond acceptors (Lipinski definition) is 3. The molecule has 7 heteroatoms. The lowest BCUT2D eigenvalue weighted by molar-refractivity contribution is -0.141. The van der Waals surface area contributed by atoms with E-state index in [9.17, 15) is 9.59 Å². The predicted octanol–water partition coefficient (Wildman–Crippen LogP) is 2.04. The largest absolute Gasteiger partial charge is 0.480 e. The zero-order valence-corrected chi connectivity index (χ0v) is 11.5. The van der Waals surface area contributed by atoms with Crippen LogP contribution in [-0.4, -0.2) is 40.0 Å². The Morgan fingerprint density at radius 3 is 2.71 bits per heavy atom. The molecule has 0 aliphatic carbocycles. The fourth-order valence-corrected chi connectivity index (χ4v) is 1.62. The summed E-state index contributed by atoms with van der Waals surface area (Å²) in [5.41, 5.74) is 0.164. The maximum atomic E-state index is 12.0. The molecule has 92 valence electrons. The summed E-state index contributed by atoms with van der Waals surface area (Å²) in [6.45, 7) is 1.42. The van der Waals surface area contributed by atoms with Crippen LogP contribution in [0.4, 0.5) is 0 Å². The Kier molecular flexibility index (Phi) is 4.47. The number of aliphatic carboxylic acids is 1. The van der Waals surface area contributed by atoms with Crippen LogP contribution in [0.3, 0.4) is 0 Å². The van der Waals surface area contributed by atoms with Gasteiger partial charge in [0, 0.05) is 17.7 Å². The smallest absolute Gasteiger partial charge is 0.326 e. The quantitative estimate of drug-likeness (QED) is 0.865. The van der Waals surface area contributed by atoms with Crippen LogP contribution in [0.1, 0.15) is 17.3 Å². The van der Waals surface area contributed by atoms with Gasteiger partial charge in [-0.25, -0.2) is 9.78 Å². The van der Waals surface area contributed by atoms with E-state index in [-0.39, 0.29) is 10.7 Å². The van der Waals surface area contributed by atoms with Crippen LogP contribution in [0.25, 0.3) is 0 Å². The molecule has 1 aromatic rings. The van der Waals surface area contributed by atoms with Crippen LogP contribution in [0.15, 0.2) is 16.7 Å². The van der Waals surface area contributed by atoms with Crippen molar-refractivity contribution in [1.82, 2.24) is 9.88 Å². The number of halogens is 2. The highest BCUT2D eigenvalue weighted by molar-refractivity contribution is 9.10. The van der Waals surface area contributed by atoms with Crippen molar-refractivity contribution in [2.24, 2.45) is 0 Å².